The van der Waals surface area contributed by atoms with Gasteiger partial charge in [0.15, 0.2) is 5.76 Å². The Hall–Kier alpha value is -3.59. The van der Waals surface area contributed by atoms with Crippen LogP contribution in [0.2, 0.25) is 0 Å². The van der Waals surface area contributed by atoms with Gasteiger partial charge < -0.3 is 19.4 Å². The highest BCUT2D eigenvalue weighted by molar-refractivity contribution is 5.89. The number of nitrogens with zero attached hydrogens (tertiary/aromatic N) is 4. The van der Waals surface area contributed by atoms with E-state index < -0.39 is 0 Å². The predicted molar refractivity (Wildman–Crippen MR) is 138 cm³/mol. The third-order valence-corrected chi connectivity index (χ3v) is 6.48. The van der Waals surface area contributed by atoms with E-state index in [1.54, 1.807) is 26.6 Å². The number of oxazole rings is 1. The van der Waals surface area contributed by atoms with Crippen LogP contribution in [0.5, 0.6) is 5.88 Å². The van der Waals surface area contributed by atoms with E-state index in [0.717, 1.165) is 43.3 Å². The lowest BCUT2D eigenvalue weighted by molar-refractivity contribution is -0.126. The van der Waals surface area contributed by atoms with Crippen molar-refractivity contribution in [2.45, 2.75) is 38.0 Å². The van der Waals surface area contributed by atoms with Gasteiger partial charge in [0.2, 0.25) is 17.7 Å². The maximum absolute atomic E-state index is 12.5. The van der Waals surface area contributed by atoms with Gasteiger partial charge in [0, 0.05) is 38.2 Å². The molecule has 9 heteroatoms. The molecule has 1 unspecified atom stereocenters. The molecule has 0 saturated carbocycles. The van der Waals surface area contributed by atoms with E-state index in [2.05, 4.69) is 25.2 Å². The van der Waals surface area contributed by atoms with E-state index in [4.69, 9.17) is 9.15 Å². The Bertz CT molecular complexity index is 1230. The summed E-state index contributed by atoms with van der Waals surface area (Å²) in [5.41, 5.74) is 1.55. The Balaban J connectivity index is 1.52. The van der Waals surface area contributed by atoms with Crippen molar-refractivity contribution in [2.24, 2.45) is 10.9 Å². The molecule has 1 fully saturated rings. The predicted octanol–water partition coefficient (Wildman–Crippen LogP) is 3.84. The fraction of sp³-hybridized carbons (Fsp3) is 0.444. The molecule has 3 heterocycles. The minimum Gasteiger partial charge on any atom is -0.480 e. The lowest BCUT2D eigenvalue weighted by Crippen LogP contribution is -2.47. The van der Waals surface area contributed by atoms with Crippen LogP contribution in [-0.4, -0.2) is 67.2 Å². The molecule has 4 rings (SSSR count). The first-order chi connectivity index (χ1) is 17.5. The van der Waals surface area contributed by atoms with Gasteiger partial charge in [0.1, 0.15) is 0 Å². The highest BCUT2D eigenvalue weighted by Gasteiger charge is 2.29. The summed E-state index contributed by atoms with van der Waals surface area (Å²) in [5.74, 6) is 1.13. The van der Waals surface area contributed by atoms with Gasteiger partial charge in [0.05, 0.1) is 36.2 Å². The number of hydrogen-bond acceptors (Lipinski definition) is 7. The molecule has 1 N–H and O–H groups in total. The number of hydrogen-bond donors (Lipinski definition) is 1. The molecule has 36 heavy (non-hydrogen) atoms. The first-order valence-corrected chi connectivity index (χ1v) is 12.4. The minimum absolute atomic E-state index is 0.0412. The Morgan fingerprint density at radius 1 is 1.28 bits per heavy atom. The van der Waals surface area contributed by atoms with Crippen LogP contribution < -0.4 is 10.1 Å². The summed E-state index contributed by atoms with van der Waals surface area (Å²) >= 11 is 0. The molecule has 0 spiro atoms. The number of ether oxygens (including phenoxy) is 1. The number of pyridine rings is 1. The number of carbonyl (C=O) groups is 2. The van der Waals surface area contributed by atoms with Crippen LogP contribution in [0.25, 0.3) is 22.2 Å². The summed E-state index contributed by atoms with van der Waals surface area (Å²) in [6, 6.07) is 9.79. The average Bonchev–Trinajstić information content (AvgIpc) is 3.37. The monoisotopic (exact) mass is 491 g/mol. The number of unbranched alkanes of at least 4 members (excludes halogenated alkanes) is 2. The Morgan fingerprint density at radius 3 is 2.83 bits per heavy atom. The molecule has 190 valence electrons. The maximum atomic E-state index is 12.5. The molecule has 9 nitrogen and oxygen atoms in total. The molecule has 1 atom stereocenters. The van der Waals surface area contributed by atoms with E-state index in [1.165, 1.54) is 0 Å². The lowest BCUT2D eigenvalue weighted by Gasteiger charge is -2.33. The van der Waals surface area contributed by atoms with Gasteiger partial charge in [-0.1, -0.05) is 31.0 Å². The number of aromatic nitrogens is 2. The average molecular weight is 492 g/mol. The summed E-state index contributed by atoms with van der Waals surface area (Å²) in [4.78, 5) is 39.5. The van der Waals surface area contributed by atoms with Crippen molar-refractivity contribution in [3.8, 4) is 17.2 Å². The third kappa shape index (κ3) is 6.15. The summed E-state index contributed by atoms with van der Waals surface area (Å²) in [6.45, 7) is 1.47. The number of methoxy groups -OCH3 is 1. The Labute approximate surface area is 211 Å². The van der Waals surface area contributed by atoms with Crippen molar-refractivity contribution in [3.05, 3.63) is 42.4 Å². The van der Waals surface area contributed by atoms with Crippen LogP contribution in [-0.2, 0) is 9.59 Å². The second kappa shape index (κ2) is 11.9. The number of aliphatic imine (C=N–C) groups is 1. The van der Waals surface area contributed by atoms with Gasteiger partial charge in [0.25, 0.3) is 5.91 Å². The first kappa shape index (κ1) is 25.5. The van der Waals surface area contributed by atoms with Crippen LogP contribution in [0.1, 0.15) is 43.9 Å². The third-order valence-electron chi connectivity index (χ3n) is 6.48. The molecule has 3 aromatic rings. The zero-order chi connectivity index (χ0) is 25.5. The quantitative estimate of drug-likeness (QED) is 0.321. The van der Waals surface area contributed by atoms with Crippen LogP contribution in [0.4, 0.5) is 0 Å². The number of nitrogens with one attached hydrogen (secondary N) is 1. The zero-order valence-corrected chi connectivity index (χ0v) is 21.1. The van der Waals surface area contributed by atoms with Crippen molar-refractivity contribution in [2.75, 3.05) is 34.3 Å². The first-order valence-electron chi connectivity index (χ1n) is 12.4. The molecule has 1 aromatic carbocycles. The van der Waals surface area contributed by atoms with E-state index >= 15 is 0 Å². The van der Waals surface area contributed by atoms with E-state index in [9.17, 15) is 9.59 Å². The molecule has 1 aliphatic rings. The van der Waals surface area contributed by atoms with Crippen molar-refractivity contribution in [1.82, 2.24) is 20.2 Å². The van der Waals surface area contributed by atoms with Gasteiger partial charge in [-0.3, -0.25) is 9.59 Å². The van der Waals surface area contributed by atoms with Crippen LogP contribution in [0, 0.1) is 5.92 Å². The molecule has 0 bridgehead atoms. The summed E-state index contributed by atoms with van der Waals surface area (Å²) in [6.07, 6.45) is 7.09. The fourth-order valence-electron chi connectivity index (χ4n) is 4.35. The van der Waals surface area contributed by atoms with Gasteiger partial charge in [-0.15, -0.1) is 0 Å². The molecule has 2 aromatic heterocycles. The van der Waals surface area contributed by atoms with Crippen molar-refractivity contribution >= 4 is 28.9 Å². The SMILES string of the molecule is CNC(=O)CCCCCC(C=NC(=O)C1CN(C)C1)c1ncc(-c2cc3ccccc3nc2OC)o1. The molecular weight excluding hydrogens is 458 g/mol. The lowest BCUT2D eigenvalue weighted by atomic mass is 9.99. The number of carbonyl (C=O) groups excluding carboxylic acids is 2. The number of rotatable bonds is 11. The standard InChI is InChI=1S/C27H33N5O4/c1-28-24(33)12-6-4-5-10-19(14-29-25(34)20-16-32(2)17-20)26-30-15-23(36-26)21-13-18-9-7-8-11-22(18)31-27(21)35-3/h7-9,11,13-15,19-20H,4-6,10,12,16-17H2,1-3H3,(H,28,33). The normalized spacial score (nSPS) is 15.2. The van der Waals surface area contributed by atoms with E-state index in [-0.39, 0.29) is 23.7 Å². The Kier molecular flexibility index (Phi) is 8.43. The highest BCUT2D eigenvalue weighted by atomic mass is 16.5. The molecular formula is C27H33N5O4. The summed E-state index contributed by atoms with van der Waals surface area (Å²) in [7, 11) is 5.21. The highest BCUT2D eigenvalue weighted by Crippen LogP contribution is 2.34. The summed E-state index contributed by atoms with van der Waals surface area (Å²) in [5, 5.41) is 3.61. The van der Waals surface area contributed by atoms with E-state index in [1.807, 2.05) is 37.4 Å². The van der Waals surface area contributed by atoms with Crippen LogP contribution in [0.15, 0.2) is 45.9 Å². The van der Waals surface area contributed by atoms with E-state index in [0.29, 0.717) is 35.9 Å². The zero-order valence-electron chi connectivity index (χ0n) is 21.1. The number of amides is 2. The number of benzene rings is 1. The fourth-order valence-corrected chi connectivity index (χ4v) is 4.35. The number of fused-ring (bicyclic) bond motifs is 1. The molecule has 1 saturated heterocycles. The molecule has 0 aliphatic carbocycles. The smallest absolute Gasteiger partial charge is 0.251 e. The van der Waals surface area contributed by atoms with Crippen LogP contribution in [0.3, 0.4) is 0 Å². The number of para-hydroxylation sites is 1. The van der Waals surface area contributed by atoms with Crippen molar-refractivity contribution in [3.63, 3.8) is 0 Å². The molecule has 1 aliphatic heterocycles. The largest absolute Gasteiger partial charge is 0.480 e. The van der Waals surface area contributed by atoms with Crippen molar-refractivity contribution in [1.29, 1.82) is 0 Å². The minimum atomic E-state index is -0.250. The second-order valence-electron chi connectivity index (χ2n) is 9.21. The van der Waals surface area contributed by atoms with Gasteiger partial charge in [-0.05, 0) is 32.0 Å². The van der Waals surface area contributed by atoms with Gasteiger partial charge >= 0.3 is 0 Å². The van der Waals surface area contributed by atoms with Gasteiger partial charge in [-0.2, -0.15) is 0 Å². The molecule has 2 amide bonds. The topological polar surface area (TPSA) is 110 Å². The van der Waals surface area contributed by atoms with Gasteiger partial charge in [-0.25, -0.2) is 15.0 Å². The maximum Gasteiger partial charge on any atom is 0.251 e. The number of likely N-dealkylation sites (tertiary alicyclic amines) is 1. The second-order valence-corrected chi connectivity index (χ2v) is 9.21. The molecule has 0 radical (unpaired) electrons. The van der Waals surface area contributed by atoms with Crippen molar-refractivity contribution < 1.29 is 18.7 Å². The van der Waals surface area contributed by atoms with Crippen LogP contribution >= 0.6 is 0 Å². The Morgan fingerprint density at radius 2 is 2.08 bits per heavy atom. The summed E-state index contributed by atoms with van der Waals surface area (Å²) < 4.78 is 11.7.